The standard InChI is InChI=1S/C72H133NO10/c1-3-5-7-9-11-13-15-16-35-39-42-46-50-54-58-65(75)64(63-82-72-71(80)70(79)69(78)66(62-74)83-72)73-67(76)59-55-51-47-43-40-36-33-31-29-27-25-23-21-19-17-18-20-22-24-26-28-30-32-34-37-41-45-49-53-57-61-81-68(77)60-56-52-48-44-38-14-12-10-8-6-4-2/h10,12,18,20,39,42,54,58,64-66,69-72,74-75,78-80H,3-9,11,13-17,19,21-38,40-41,43-53,55-57,59-63H2,1-2H3,(H,73,76)/b12-10-,20-18-,42-39+,58-54+. The monoisotopic (exact) mass is 1170 g/mol. The third-order valence-corrected chi connectivity index (χ3v) is 16.6. The molecule has 1 rings (SSSR count). The van der Waals surface area contributed by atoms with E-state index >= 15 is 0 Å². The molecule has 83 heavy (non-hydrogen) atoms. The minimum absolute atomic E-state index is 0.00261. The summed E-state index contributed by atoms with van der Waals surface area (Å²) in [5.74, 6) is -0.192. The number of unbranched alkanes of at least 4 members (excludes halogenated alkanes) is 42. The zero-order valence-electron chi connectivity index (χ0n) is 53.9. The fourth-order valence-electron chi connectivity index (χ4n) is 11.0. The molecule has 7 atom stereocenters. The SMILES string of the molecule is CCCC/C=C\CCCCCCCC(=O)OCCCCCCCCCCCCCC/C=C\CCCCCCCCCCCCCCCCC(=O)NC(COC1OC(CO)C(O)C(O)C1O)C(O)/C=C/CC/C=C/CCCCCCCCCC. The number of esters is 1. The van der Waals surface area contributed by atoms with Crippen LogP contribution in [0.1, 0.15) is 335 Å². The average Bonchev–Trinajstić information content (AvgIpc) is 3.65. The van der Waals surface area contributed by atoms with Gasteiger partial charge in [-0.1, -0.05) is 281 Å². The molecule has 11 nitrogen and oxygen atoms in total. The Bertz CT molecular complexity index is 1520. The lowest BCUT2D eigenvalue weighted by Crippen LogP contribution is -2.60. The number of carbonyl (C=O) groups is 2. The van der Waals surface area contributed by atoms with Crippen LogP contribution in [0.2, 0.25) is 0 Å². The Morgan fingerprint density at radius 1 is 0.434 bits per heavy atom. The summed E-state index contributed by atoms with van der Waals surface area (Å²) >= 11 is 0. The number of hydrogen-bond donors (Lipinski definition) is 6. The molecule has 6 N–H and O–H groups in total. The molecule has 486 valence electrons. The molecule has 1 amide bonds. The number of nitrogens with one attached hydrogen (secondary N) is 1. The Hall–Kier alpha value is -2.38. The quantitative estimate of drug-likeness (QED) is 0.0195. The summed E-state index contributed by atoms with van der Waals surface area (Å²) in [7, 11) is 0. The highest BCUT2D eigenvalue weighted by Crippen LogP contribution is 2.23. The van der Waals surface area contributed by atoms with Crippen LogP contribution in [-0.2, 0) is 23.8 Å². The third kappa shape index (κ3) is 50.3. The average molecular weight is 1170 g/mol. The highest BCUT2D eigenvalue weighted by atomic mass is 16.7. The van der Waals surface area contributed by atoms with E-state index in [1.165, 1.54) is 250 Å². The van der Waals surface area contributed by atoms with Crippen LogP contribution in [0, 0.1) is 0 Å². The number of aliphatic hydroxyl groups excluding tert-OH is 5. The van der Waals surface area contributed by atoms with E-state index in [9.17, 15) is 35.1 Å². The van der Waals surface area contributed by atoms with E-state index in [1.807, 2.05) is 6.08 Å². The minimum Gasteiger partial charge on any atom is -0.466 e. The molecule has 1 saturated heterocycles. The second-order valence-electron chi connectivity index (χ2n) is 24.6. The topological polar surface area (TPSA) is 175 Å². The maximum Gasteiger partial charge on any atom is 0.305 e. The highest BCUT2D eigenvalue weighted by molar-refractivity contribution is 5.76. The van der Waals surface area contributed by atoms with Gasteiger partial charge in [0.15, 0.2) is 6.29 Å². The summed E-state index contributed by atoms with van der Waals surface area (Å²) in [6, 6.07) is -0.827. The fourth-order valence-corrected chi connectivity index (χ4v) is 11.0. The predicted octanol–water partition coefficient (Wildman–Crippen LogP) is 18.0. The summed E-state index contributed by atoms with van der Waals surface area (Å²) in [6.07, 6.45) is 69.6. The zero-order chi connectivity index (χ0) is 60.2. The van der Waals surface area contributed by atoms with Crippen LogP contribution in [0.25, 0.3) is 0 Å². The first-order chi connectivity index (χ1) is 40.7. The zero-order valence-corrected chi connectivity index (χ0v) is 53.9. The van der Waals surface area contributed by atoms with E-state index in [0.29, 0.717) is 19.4 Å². The number of amides is 1. The molecule has 0 bridgehead atoms. The van der Waals surface area contributed by atoms with Gasteiger partial charge >= 0.3 is 5.97 Å². The number of ether oxygens (including phenoxy) is 3. The number of carbonyl (C=O) groups excluding carboxylic acids is 2. The molecule has 1 fully saturated rings. The van der Waals surface area contributed by atoms with Gasteiger partial charge in [-0.2, -0.15) is 0 Å². The van der Waals surface area contributed by atoms with E-state index in [4.69, 9.17) is 14.2 Å². The van der Waals surface area contributed by atoms with Crippen molar-refractivity contribution < 1.29 is 49.3 Å². The van der Waals surface area contributed by atoms with E-state index in [2.05, 4.69) is 55.6 Å². The van der Waals surface area contributed by atoms with Crippen LogP contribution < -0.4 is 5.32 Å². The van der Waals surface area contributed by atoms with Crippen molar-refractivity contribution in [1.82, 2.24) is 5.32 Å². The Morgan fingerprint density at radius 2 is 0.795 bits per heavy atom. The lowest BCUT2D eigenvalue weighted by Gasteiger charge is -2.40. The van der Waals surface area contributed by atoms with Crippen LogP contribution in [0.3, 0.4) is 0 Å². The summed E-state index contributed by atoms with van der Waals surface area (Å²) in [5.41, 5.74) is 0. The first-order valence-corrected chi connectivity index (χ1v) is 35.4. The molecule has 0 aromatic heterocycles. The molecule has 7 unspecified atom stereocenters. The molecule has 0 aromatic carbocycles. The molecule has 0 aliphatic carbocycles. The fraction of sp³-hybridized carbons (Fsp3) is 0.861. The molecule has 0 spiro atoms. The van der Waals surface area contributed by atoms with Gasteiger partial charge in [-0.25, -0.2) is 0 Å². The van der Waals surface area contributed by atoms with Gasteiger partial charge in [0.2, 0.25) is 5.91 Å². The Balaban J connectivity index is 1.99. The van der Waals surface area contributed by atoms with Gasteiger partial charge in [-0.3, -0.25) is 9.59 Å². The van der Waals surface area contributed by atoms with Gasteiger partial charge in [0, 0.05) is 12.8 Å². The predicted molar refractivity (Wildman–Crippen MR) is 347 cm³/mol. The molecule has 0 radical (unpaired) electrons. The Labute approximate surface area is 510 Å². The summed E-state index contributed by atoms with van der Waals surface area (Å²) in [5, 5.41) is 54.5. The van der Waals surface area contributed by atoms with E-state index in [-0.39, 0.29) is 18.5 Å². The van der Waals surface area contributed by atoms with Crippen LogP contribution in [0.5, 0.6) is 0 Å². The molecule has 0 saturated carbocycles. The Kier molecular flexibility index (Phi) is 58.0. The van der Waals surface area contributed by atoms with E-state index < -0.39 is 49.5 Å². The molecular formula is C72H133NO10. The number of rotatable bonds is 62. The smallest absolute Gasteiger partial charge is 0.305 e. The van der Waals surface area contributed by atoms with Crippen molar-refractivity contribution in [3.8, 4) is 0 Å². The van der Waals surface area contributed by atoms with Crippen molar-refractivity contribution in [3.63, 3.8) is 0 Å². The lowest BCUT2D eigenvalue weighted by molar-refractivity contribution is -0.302. The Morgan fingerprint density at radius 3 is 1.23 bits per heavy atom. The van der Waals surface area contributed by atoms with Gasteiger partial charge in [0.1, 0.15) is 24.4 Å². The van der Waals surface area contributed by atoms with Gasteiger partial charge in [-0.05, 0) is 89.9 Å². The van der Waals surface area contributed by atoms with Crippen molar-refractivity contribution in [1.29, 1.82) is 0 Å². The first-order valence-electron chi connectivity index (χ1n) is 35.4. The van der Waals surface area contributed by atoms with Gasteiger partial charge < -0.3 is 45.1 Å². The van der Waals surface area contributed by atoms with Crippen LogP contribution in [0.15, 0.2) is 48.6 Å². The van der Waals surface area contributed by atoms with E-state index in [0.717, 1.165) is 57.8 Å². The summed E-state index contributed by atoms with van der Waals surface area (Å²) in [6.45, 7) is 4.31. The van der Waals surface area contributed by atoms with Gasteiger partial charge in [0.05, 0.1) is 32.0 Å². The second kappa shape index (κ2) is 61.3. The normalized spacial score (nSPS) is 18.4. The molecule has 1 aliphatic rings. The van der Waals surface area contributed by atoms with Crippen molar-refractivity contribution >= 4 is 11.9 Å². The maximum atomic E-state index is 13.1. The van der Waals surface area contributed by atoms with Crippen LogP contribution in [0.4, 0.5) is 0 Å². The first kappa shape index (κ1) is 78.6. The highest BCUT2D eigenvalue weighted by Gasteiger charge is 2.44. The van der Waals surface area contributed by atoms with Crippen molar-refractivity contribution in [2.24, 2.45) is 0 Å². The van der Waals surface area contributed by atoms with Crippen molar-refractivity contribution in [2.45, 2.75) is 378 Å². The van der Waals surface area contributed by atoms with E-state index in [1.54, 1.807) is 6.08 Å². The van der Waals surface area contributed by atoms with Crippen LogP contribution >= 0.6 is 0 Å². The largest absolute Gasteiger partial charge is 0.466 e. The molecular weight excluding hydrogens is 1040 g/mol. The van der Waals surface area contributed by atoms with Gasteiger partial charge in [0.25, 0.3) is 0 Å². The lowest BCUT2D eigenvalue weighted by atomic mass is 9.99. The minimum atomic E-state index is -1.58. The molecule has 0 aromatic rings. The number of hydrogen-bond acceptors (Lipinski definition) is 10. The molecule has 1 aliphatic heterocycles. The molecule has 1 heterocycles. The second-order valence-corrected chi connectivity index (χ2v) is 24.6. The summed E-state index contributed by atoms with van der Waals surface area (Å²) in [4.78, 5) is 25.1. The molecule has 11 heteroatoms. The summed E-state index contributed by atoms with van der Waals surface area (Å²) < 4.78 is 16.7. The third-order valence-electron chi connectivity index (χ3n) is 16.6. The number of allylic oxidation sites excluding steroid dienone is 7. The van der Waals surface area contributed by atoms with Crippen molar-refractivity contribution in [3.05, 3.63) is 48.6 Å². The van der Waals surface area contributed by atoms with Crippen LogP contribution in [-0.4, -0.2) is 100 Å². The number of aliphatic hydroxyl groups is 5. The van der Waals surface area contributed by atoms with Gasteiger partial charge in [-0.15, -0.1) is 0 Å². The maximum absolute atomic E-state index is 13.1. The van der Waals surface area contributed by atoms with Crippen molar-refractivity contribution in [2.75, 3.05) is 19.8 Å².